The number of likely N-dealkylation sites (N-methyl/N-ethyl adjacent to an activating group) is 1. The Hall–Kier alpha value is -0.910. The molecule has 1 aliphatic rings. The molecule has 1 fully saturated rings. The van der Waals surface area contributed by atoms with Crippen molar-refractivity contribution in [1.82, 2.24) is 10.2 Å². The molecule has 1 aromatic rings. The third-order valence-corrected chi connectivity index (χ3v) is 4.11. The van der Waals surface area contributed by atoms with Crippen molar-refractivity contribution in [2.75, 3.05) is 13.6 Å². The van der Waals surface area contributed by atoms with Crippen molar-refractivity contribution in [3.63, 3.8) is 0 Å². The van der Waals surface area contributed by atoms with E-state index in [0.29, 0.717) is 19.0 Å². The third kappa shape index (κ3) is 4.08. The first-order chi connectivity index (χ1) is 8.69. The zero-order valence-corrected chi connectivity index (χ0v) is 11.6. The molecule has 18 heavy (non-hydrogen) atoms. The zero-order valence-electron chi connectivity index (χ0n) is 10.8. The third-order valence-electron chi connectivity index (χ3n) is 3.24. The Morgan fingerprint density at radius 2 is 2.44 bits per heavy atom. The van der Waals surface area contributed by atoms with Crippen LogP contribution in [0, 0.1) is 0 Å². The summed E-state index contributed by atoms with van der Waals surface area (Å²) < 4.78 is 0. The average molecular weight is 267 g/mol. The fourth-order valence-corrected chi connectivity index (χ4v) is 2.69. The lowest BCUT2D eigenvalue weighted by molar-refractivity contribution is -0.122. The molecule has 5 heteroatoms. The average Bonchev–Trinajstić information content (AvgIpc) is 3.00. The van der Waals surface area contributed by atoms with Crippen LogP contribution in [0.25, 0.3) is 0 Å². The molecule has 1 amide bonds. The predicted molar refractivity (Wildman–Crippen MR) is 74.4 cm³/mol. The van der Waals surface area contributed by atoms with Gasteiger partial charge in [-0.05, 0) is 31.3 Å². The van der Waals surface area contributed by atoms with Crippen LogP contribution in [0.1, 0.15) is 24.1 Å². The molecule has 0 saturated heterocycles. The molecule has 1 aromatic heterocycles. The molecule has 0 aromatic carbocycles. The largest absolute Gasteiger partial charge is 0.353 e. The van der Waals surface area contributed by atoms with Crippen molar-refractivity contribution in [2.24, 2.45) is 5.73 Å². The lowest BCUT2D eigenvalue weighted by Gasteiger charge is -2.26. The van der Waals surface area contributed by atoms with Crippen LogP contribution in [0.15, 0.2) is 17.5 Å². The first kappa shape index (κ1) is 13.5. The summed E-state index contributed by atoms with van der Waals surface area (Å²) in [6.07, 6.45) is 2.75. The highest BCUT2D eigenvalue weighted by atomic mass is 32.1. The maximum Gasteiger partial charge on any atom is 0.221 e. The molecule has 0 spiro atoms. The number of amides is 1. The van der Waals surface area contributed by atoms with Gasteiger partial charge in [0.1, 0.15) is 0 Å². The van der Waals surface area contributed by atoms with Crippen molar-refractivity contribution in [3.8, 4) is 0 Å². The number of nitrogens with two attached hydrogens (primary N) is 1. The Bertz CT molecular complexity index is 376. The first-order valence-electron chi connectivity index (χ1n) is 6.41. The molecular formula is C13H21N3OS. The number of hydrogen-bond acceptors (Lipinski definition) is 4. The van der Waals surface area contributed by atoms with Gasteiger partial charge < -0.3 is 11.1 Å². The number of carbonyl (C=O) groups excluding carboxylic acids is 1. The van der Waals surface area contributed by atoms with Gasteiger partial charge in [-0.15, -0.1) is 11.3 Å². The molecule has 1 unspecified atom stereocenters. The maximum absolute atomic E-state index is 11.8. The zero-order chi connectivity index (χ0) is 13.0. The van der Waals surface area contributed by atoms with Crippen LogP contribution in [0.5, 0.6) is 0 Å². The fraction of sp³-hybridized carbons (Fsp3) is 0.615. The molecule has 0 aliphatic heterocycles. The molecule has 100 valence electrons. The van der Waals surface area contributed by atoms with Gasteiger partial charge in [-0.2, -0.15) is 0 Å². The van der Waals surface area contributed by atoms with Crippen LogP contribution in [0.4, 0.5) is 0 Å². The predicted octanol–water partition coefficient (Wildman–Crippen LogP) is 1.18. The number of thiophene rings is 1. The summed E-state index contributed by atoms with van der Waals surface area (Å²) in [6.45, 7) is 1.37. The summed E-state index contributed by atoms with van der Waals surface area (Å²) in [5.41, 5.74) is 5.78. The summed E-state index contributed by atoms with van der Waals surface area (Å²) in [4.78, 5) is 15.2. The van der Waals surface area contributed by atoms with Crippen molar-refractivity contribution in [3.05, 3.63) is 22.4 Å². The van der Waals surface area contributed by atoms with Crippen LogP contribution in [0.3, 0.4) is 0 Å². The standard InChI is InChI=1S/C13H21N3OS/c1-16(9-12-3-2-6-18-12)11(8-14)7-13(17)15-10-4-5-10/h2-3,6,10-11H,4-5,7-9,14H2,1H3,(H,15,17). The quantitative estimate of drug-likeness (QED) is 0.780. The molecule has 0 radical (unpaired) electrons. The van der Waals surface area contributed by atoms with Gasteiger partial charge in [-0.3, -0.25) is 9.69 Å². The van der Waals surface area contributed by atoms with E-state index >= 15 is 0 Å². The van der Waals surface area contributed by atoms with Gasteiger partial charge in [-0.25, -0.2) is 0 Å². The Labute approximate surface area is 112 Å². The van der Waals surface area contributed by atoms with Crippen LogP contribution < -0.4 is 11.1 Å². The normalized spacial score (nSPS) is 16.8. The molecule has 1 saturated carbocycles. The van der Waals surface area contributed by atoms with Gasteiger partial charge in [0.05, 0.1) is 0 Å². The number of carbonyl (C=O) groups is 1. The van der Waals surface area contributed by atoms with Gasteiger partial charge >= 0.3 is 0 Å². The topological polar surface area (TPSA) is 58.4 Å². The lowest BCUT2D eigenvalue weighted by atomic mass is 10.1. The number of nitrogens with one attached hydrogen (secondary N) is 1. The van der Waals surface area contributed by atoms with Crippen molar-refractivity contribution in [2.45, 2.75) is 37.9 Å². The van der Waals surface area contributed by atoms with Crippen molar-refractivity contribution in [1.29, 1.82) is 0 Å². The summed E-state index contributed by atoms with van der Waals surface area (Å²) in [6, 6.07) is 4.70. The summed E-state index contributed by atoms with van der Waals surface area (Å²) >= 11 is 1.74. The Morgan fingerprint density at radius 1 is 1.67 bits per heavy atom. The van der Waals surface area contributed by atoms with Gasteiger partial charge in [-0.1, -0.05) is 6.07 Å². The van der Waals surface area contributed by atoms with E-state index in [4.69, 9.17) is 5.73 Å². The molecule has 1 atom stereocenters. The molecule has 4 nitrogen and oxygen atoms in total. The second kappa shape index (κ2) is 6.31. The summed E-state index contributed by atoms with van der Waals surface area (Å²) in [7, 11) is 2.03. The van der Waals surface area contributed by atoms with Gasteiger partial charge in [0.25, 0.3) is 0 Å². The molecule has 3 N–H and O–H groups in total. The second-order valence-electron chi connectivity index (χ2n) is 4.93. The van der Waals surface area contributed by atoms with Crippen molar-refractivity contribution < 1.29 is 4.79 Å². The highest BCUT2D eigenvalue weighted by molar-refractivity contribution is 7.09. The highest BCUT2D eigenvalue weighted by Crippen LogP contribution is 2.19. The SMILES string of the molecule is CN(Cc1cccs1)C(CN)CC(=O)NC1CC1. The van der Waals surface area contributed by atoms with E-state index in [2.05, 4.69) is 21.7 Å². The Kier molecular flexibility index (Phi) is 4.74. The molecule has 2 rings (SSSR count). The van der Waals surface area contributed by atoms with Crippen LogP contribution in [-0.4, -0.2) is 36.5 Å². The van der Waals surface area contributed by atoms with Gasteiger partial charge in [0.15, 0.2) is 0 Å². The van der Waals surface area contributed by atoms with E-state index in [1.54, 1.807) is 11.3 Å². The van der Waals surface area contributed by atoms with E-state index in [9.17, 15) is 4.79 Å². The van der Waals surface area contributed by atoms with E-state index < -0.39 is 0 Å². The monoisotopic (exact) mass is 267 g/mol. The minimum atomic E-state index is 0.117. The first-order valence-corrected chi connectivity index (χ1v) is 7.29. The van der Waals surface area contributed by atoms with E-state index in [1.807, 2.05) is 13.1 Å². The Morgan fingerprint density at radius 3 is 3.00 bits per heavy atom. The molecule has 1 aliphatic carbocycles. The number of hydrogen-bond donors (Lipinski definition) is 2. The van der Waals surface area contributed by atoms with Crippen LogP contribution in [0.2, 0.25) is 0 Å². The molecule has 1 heterocycles. The van der Waals surface area contributed by atoms with Crippen LogP contribution >= 0.6 is 11.3 Å². The Balaban J connectivity index is 1.80. The number of rotatable bonds is 7. The minimum Gasteiger partial charge on any atom is -0.353 e. The molecule has 0 bridgehead atoms. The fourth-order valence-electron chi connectivity index (χ4n) is 1.92. The highest BCUT2D eigenvalue weighted by Gasteiger charge is 2.25. The minimum absolute atomic E-state index is 0.117. The van der Waals surface area contributed by atoms with E-state index in [-0.39, 0.29) is 11.9 Å². The van der Waals surface area contributed by atoms with E-state index in [0.717, 1.165) is 19.4 Å². The lowest BCUT2D eigenvalue weighted by Crippen LogP contribution is -2.41. The summed E-state index contributed by atoms with van der Waals surface area (Å²) in [5, 5.41) is 5.08. The molecular weight excluding hydrogens is 246 g/mol. The number of nitrogens with zero attached hydrogens (tertiary/aromatic N) is 1. The van der Waals surface area contributed by atoms with Crippen molar-refractivity contribution >= 4 is 17.2 Å². The van der Waals surface area contributed by atoms with Gasteiger partial charge in [0.2, 0.25) is 5.91 Å². The van der Waals surface area contributed by atoms with Gasteiger partial charge in [0, 0.05) is 36.5 Å². The second-order valence-corrected chi connectivity index (χ2v) is 5.96. The maximum atomic E-state index is 11.8. The van der Waals surface area contributed by atoms with E-state index in [1.165, 1.54) is 4.88 Å². The van der Waals surface area contributed by atoms with Crippen LogP contribution in [-0.2, 0) is 11.3 Å². The summed E-state index contributed by atoms with van der Waals surface area (Å²) in [5.74, 6) is 0.131. The smallest absolute Gasteiger partial charge is 0.221 e.